The first-order valence-corrected chi connectivity index (χ1v) is 14.3. The first-order valence-electron chi connectivity index (χ1n) is 14.3. The lowest BCUT2D eigenvalue weighted by Crippen LogP contribution is -2.20. The maximum Gasteiger partial charge on any atom is 0.262 e. The van der Waals surface area contributed by atoms with Crippen LogP contribution in [0.5, 0.6) is 17.4 Å². The number of carbonyl (C=O) groups is 2. The molecule has 0 saturated carbocycles. The van der Waals surface area contributed by atoms with Crippen molar-refractivity contribution in [3.05, 3.63) is 137 Å². The third kappa shape index (κ3) is 8.11. The lowest BCUT2D eigenvalue weighted by Gasteiger charge is -2.16. The molecule has 9 heteroatoms. The van der Waals surface area contributed by atoms with Crippen LogP contribution in [0.25, 0.3) is 6.08 Å². The number of benzene rings is 4. The van der Waals surface area contributed by atoms with Crippen molar-refractivity contribution < 1.29 is 19.1 Å². The molecule has 226 valence electrons. The number of hydrogen-bond donors (Lipinski definition) is 3. The van der Waals surface area contributed by atoms with Gasteiger partial charge in [-0.1, -0.05) is 72.8 Å². The number of anilines is 3. The zero-order chi connectivity index (χ0) is 31.6. The van der Waals surface area contributed by atoms with Gasteiger partial charge in [0.05, 0.1) is 7.11 Å². The van der Waals surface area contributed by atoms with Crippen molar-refractivity contribution in [2.24, 2.45) is 0 Å². The van der Waals surface area contributed by atoms with Crippen LogP contribution in [0.4, 0.5) is 17.3 Å². The van der Waals surface area contributed by atoms with Crippen molar-refractivity contribution in [3.63, 3.8) is 0 Å². The second-order valence-electron chi connectivity index (χ2n) is 10.2. The number of nitrogens with one attached hydrogen (secondary N) is 3. The van der Waals surface area contributed by atoms with E-state index in [1.807, 2.05) is 92.7 Å². The molecule has 5 aromatic rings. The van der Waals surface area contributed by atoms with E-state index in [-0.39, 0.29) is 23.3 Å². The van der Waals surface area contributed by atoms with Gasteiger partial charge in [-0.2, -0.15) is 4.98 Å². The van der Waals surface area contributed by atoms with E-state index < -0.39 is 5.91 Å². The summed E-state index contributed by atoms with van der Waals surface area (Å²) in [5.74, 6) is 0.354. The minimum Gasteiger partial charge on any atom is -0.493 e. The molecular weight excluding hydrogens is 566 g/mol. The number of hydrogen-bond acceptors (Lipinski definition) is 7. The van der Waals surface area contributed by atoms with Crippen LogP contribution in [-0.4, -0.2) is 28.9 Å². The fourth-order valence-electron chi connectivity index (χ4n) is 4.50. The van der Waals surface area contributed by atoms with Gasteiger partial charge in [-0.3, -0.25) is 9.59 Å². The molecule has 0 saturated heterocycles. The molecule has 9 nitrogen and oxygen atoms in total. The molecule has 1 heterocycles. The lowest BCUT2D eigenvalue weighted by atomic mass is 10.1. The van der Waals surface area contributed by atoms with Crippen molar-refractivity contribution in [3.8, 4) is 17.4 Å². The van der Waals surface area contributed by atoms with Crippen LogP contribution in [0.3, 0.4) is 0 Å². The second-order valence-corrected chi connectivity index (χ2v) is 10.2. The van der Waals surface area contributed by atoms with Gasteiger partial charge in [-0.05, 0) is 66.4 Å². The van der Waals surface area contributed by atoms with Crippen molar-refractivity contribution in [2.75, 3.05) is 17.7 Å². The molecule has 4 aromatic carbocycles. The van der Waals surface area contributed by atoms with Crippen LogP contribution in [0.2, 0.25) is 0 Å². The number of aryl methyl sites for hydroxylation is 2. The number of nitrogens with zero attached hydrogens (tertiary/aromatic N) is 2. The molecule has 45 heavy (non-hydrogen) atoms. The number of amides is 2. The summed E-state index contributed by atoms with van der Waals surface area (Å²) < 4.78 is 11.8. The van der Waals surface area contributed by atoms with Crippen molar-refractivity contribution >= 4 is 35.2 Å². The first-order chi connectivity index (χ1) is 21.9. The Balaban J connectivity index is 1.38. The van der Waals surface area contributed by atoms with E-state index >= 15 is 0 Å². The third-order valence-electron chi connectivity index (χ3n) is 6.88. The van der Waals surface area contributed by atoms with E-state index in [1.165, 1.54) is 19.4 Å². The Morgan fingerprint density at radius 2 is 1.56 bits per heavy atom. The summed E-state index contributed by atoms with van der Waals surface area (Å²) in [5, 5.41) is 8.98. The first kappa shape index (κ1) is 30.5. The highest BCUT2D eigenvalue weighted by atomic mass is 16.5. The number of carbonyl (C=O) groups excluding carboxylic acids is 2. The number of ether oxygens (including phenoxy) is 2. The topological polar surface area (TPSA) is 114 Å². The molecule has 0 aliphatic carbocycles. The summed E-state index contributed by atoms with van der Waals surface area (Å²) in [6, 6.07) is 30.1. The minimum atomic E-state index is -0.423. The summed E-state index contributed by atoms with van der Waals surface area (Å²) in [5.41, 5.74) is 5.20. The Hall–Kier alpha value is -5.96. The van der Waals surface area contributed by atoms with Crippen molar-refractivity contribution in [1.29, 1.82) is 0 Å². The van der Waals surface area contributed by atoms with E-state index in [2.05, 4.69) is 25.9 Å². The SMILES string of the molecule is COc1cc(/C=C/C(=O)NCc2ccccc2)ccc1Oc1nc(Nc2ccccc2)ncc1C(=O)Nc1c(C)cccc1C. The van der Waals surface area contributed by atoms with E-state index in [1.54, 1.807) is 24.3 Å². The van der Waals surface area contributed by atoms with Crippen LogP contribution in [0.15, 0.2) is 109 Å². The molecule has 0 bridgehead atoms. The van der Waals surface area contributed by atoms with Gasteiger partial charge in [0, 0.05) is 30.2 Å². The highest BCUT2D eigenvalue weighted by molar-refractivity contribution is 6.06. The molecule has 1 aromatic heterocycles. The largest absolute Gasteiger partial charge is 0.493 e. The van der Waals surface area contributed by atoms with Crippen LogP contribution in [-0.2, 0) is 11.3 Å². The van der Waals surface area contributed by atoms with Gasteiger partial charge in [0.15, 0.2) is 11.5 Å². The molecule has 5 rings (SSSR count). The predicted octanol–water partition coefficient (Wildman–Crippen LogP) is 7.22. The summed E-state index contributed by atoms with van der Waals surface area (Å²) >= 11 is 0. The number of methoxy groups -OCH3 is 1. The number of rotatable bonds is 11. The summed E-state index contributed by atoms with van der Waals surface area (Å²) in [7, 11) is 1.51. The van der Waals surface area contributed by atoms with Gasteiger partial charge in [0.25, 0.3) is 5.91 Å². The van der Waals surface area contributed by atoms with Gasteiger partial charge in [-0.15, -0.1) is 0 Å². The van der Waals surface area contributed by atoms with Gasteiger partial charge in [0.2, 0.25) is 17.7 Å². The van der Waals surface area contributed by atoms with Gasteiger partial charge in [-0.25, -0.2) is 4.98 Å². The lowest BCUT2D eigenvalue weighted by molar-refractivity contribution is -0.116. The van der Waals surface area contributed by atoms with Crippen LogP contribution >= 0.6 is 0 Å². The fraction of sp³-hybridized carbons (Fsp3) is 0.111. The Labute approximate surface area is 262 Å². The molecule has 0 aliphatic rings. The van der Waals surface area contributed by atoms with E-state index in [0.717, 1.165) is 27.9 Å². The highest BCUT2D eigenvalue weighted by Gasteiger charge is 2.20. The maximum absolute atomic E-state index is 13.5. The monoisotopic (exact) mass is 599 g/mol. The fourth-order valence-corrected chi connectivity index (χ4v) is 4.50. The summed E-state index contributed by atoms with van der Waals surface area (Å²) in [4.78, 5) is 34.8. The molecule has 2 amide bonds. The van der Waals surface area contributed by atoms with E-state index in [0.29, 0.717) is 23.7 Å². The summed E-state index contributed by atoms with van der Waals surface area (Å²) in [6.45, 7) is 4.29. The normalized spacial score (nSPS) is 10.7. The van der Waals surface area contributed by atoms with Crippen LogP contribution in [0, 0.1) is 13.8 Å². The second kappa shape index (κ2) is 14.5. The highest BCUT2D eigenvalue weighted by Crippen LogP contribution is 2.34. The number of para-hydroxylation sites is 2. The van der Waals surface area contributed by atoms with Crippen molar-refractivity contribution in [1.82, 2.24) is 15.3 Å². The van der Waals surface area contributed by atoms with E-state index in [9.17, 15) is 9.59 Å². The zero-order valence-corrected chi connectivity index (χ0v) is 25.2. The van der Waals surface area contributed by atoms with E-state index in [4.69, 9.17) is 9.47 Å². The molecular formula is C36H33N5O4. The average molecular weight is 600 g/mol. The molecule has 3 N–H and O–H groups in total. The molecule has 0 atom stereocenters. The molecule has 0 spiro atoms. The Kier molecular flexibility index (Phi) is 9.81. The molecule has 0 fully saturated rings. The van der Waals surface area contributed by atoms with Gasteiger partial charge >= 0.3 is 0 Å². The van der Waals surface area contributed by atoms with Gasteiger partial charge < -0.3 is 25.4 Å². The zero-order valence-electron chi connectivity index (χ0n) is 25.2. The standard InChI is InChI=1S/C36H33N5O4/c1-24-11-10-12-25(2)33(24)40-34(43)29-23-38-36(39-28-15-8-5-9-16-28)41-35(29)45-30-19-17-26(21-31(30)44-3)18-20-32(42)37-22-27-13-6-4-7-14-27/h4-21,23H,22H2,1-3H3,(H,37,42)(H,40,43)(H,38,39,41)/b20-18+. The minimum absolute atomic E-state index is 0.0362. The maximum atomic E-state index is 13.5. The molecule has 0 aliphatic heterocycles. The molecule has 0 unspecified atom stereocenters. The quantitative estimate of drug-likeness (QED) is 0.137. The predicted molar refractivity (Wildman–Crippen MR) is 176 cm³/mol. The summed E-state index contributed by atoms with van der Waals surface area (Å²) in [6.07, 6.45) is 4.57. The van der Waals surface area contributed by atoms with Crippen molar-refractivity contribution in [2.45, 2.75) is 20.4 Å². The third-order valence-corrected chi connectivity index (χ3v) is 6.88. The van der Waals surface area contributed by atoms with Crippen LogP contribution in [0.1, 0.15) is 32.6 Å². The smallest absolute Gasteiger partial charge is 0.262 e. The van der Waals surface area contributed by atoms with Crippen LogP contribution < -0.4 is 25.4 Å². The average Bonchev–Trinajstić information content (AvgIpc) is 3.06. The Bertz CT molecular complexity index is 1800. The molecule has 0 radical (unpaired) electrons. The van der Waals surface area contributed by atoms with Gasteiger partial charge in [0.1, 0.15) is 5.56 Å². The Morgan fingerprint density at radius 1 is 0.844 bits per heavy atom. The Morgan fingerprint density at radius 3 is 2.27 bits per heavy atom. The number of aromatic nitrogens is 2.